The standard InChI is InChI=1S/C13H11IO2/c14-12-10-4-2-1-3-9(10)5-6-11(12)13-15-7-8-16-13/h1-6,13H,7-8H2. The molecule has 0 bridgehead atoms. The lowest BCUT2D eigenvalue weighted by Crippen LogP contribution is -2.01. The van der Waals surface area contributed by atoms with Gasteiger partial charge in [-0.15, -0.1) is 0 Å². The first kappa shape index (κ1) is 10.5. The lowest BCUT2D eigenvalue weighted by Gasteiger charge is -2.13. The average molecular weight is 326 g/mol. The highest BCUT2D eigenvalue weighted by atomic mass is 127. The summed E-state index contributed by atoms with van der Waals surface area (Å²) in [5, 5.41) is 2.52. The van der Waals surface area contributed by atoms with Crippen LogP contribution < -0.4 is 0 Å². The first-order valence-electron chi connectivity index (χ1n) is 5.26. The van der Waals surface area contributed by atoms with E-state index in [1.807, 2.05) is 0 Å². The molecule has 2 nitrogen and oxygen atoms in total. The Morgan fingerprint density at radius 2 is 1.75 bits per heavy atom. The zero-order valence-electron chi connectivity index (χ0n) is 8.65. The van der Waals surface area contributed by atoms with Crippen LogP contribution in [0.25, 0.3) is 10.8 Å². The Labute approximate surface area is 108 Å². The van der Waals surface area contributed by atoms with Crippen molar-refractivity contribution in [1.82, 2.24) is 0 Å². The third-order valence-corrected chi connectivity index (χ3v) is 3.97. The Morgan fingerprint density at radius 1 is 1.00 bits per heavy atom. The average Bonchev–Trinajstić information content (AvgIpc) is 2.83. The van der Waals surface area contributed by atoms with Crippen molar-refractivity contribution < 1.29 is 9.47 Å². The lowest BCUT2D eigenvalue weighted by atomic mass is 10.1. The first-order chi connectivity index (χ1) is 7.86. The van der Waals surface area contributed by atoms with Gasteiger partial charge in [0.05, 0.1) is 13.2 Å². The Balaban J connectivity index is 2.15. The van der Waals surface area contributed by atoms with Gasteiger partial charge in [-0.05, 0) is 33.4 Å². The van der Waals surface area contributed by atoms with Crippen molar-refractivity contribution in [3.05, 3.63) is 45.5 Å². The molecule has 82 valence electrons. The molecule has 0 N–H and O–H groups in total. The molecule has 0 radical (unpaired) electrons. The summed E-state index contributed by atoms with van der Waals surface area (Å²) in [5.41, 5.74) is 1.14. The monoisotopic (exact) mass is 326 g/mol. The molecule has 0 amide bonds. The van der Waals surface area contributed by atoms with Crippen LogP contribution in [-0.2, 0) is 9.47 Å². The van der Waals surface area contributed by atoms with Crippen LogP contribution in [0.3, 0.4) is 0 Å². The van der Waals surface area contributed by atoms with Gasteiger partial charge in [0.2, 0.25) is 0 Å². The molecule has 2 aromatic rings. The van der Waals surface area contributed by atoms with Gasteiger partial charge in [0.1, 0.15) is 0 Å². The second kappa shape index (κ2) is 4.31. The molecule has 0 atom stereocenters. The van der Waals surface area contributed by atoms with E-state index in [4.69, 9.17) is 9.47 Å². The largest absolute Gasteiger partial charge is 0.346 e. The summed E-state index contributed by atoms with van der Waals surface area (Å²) in [5.74, 6) is 0. The van der Waals surface area contributed by atoms with E-state index in [9.17, 15) is 0 Å². The SMILES string of the molecule is Ic1c(C2OCCO2)ccc2ccccc12. The second-order valence-electron chi connectivity index (χ2n) is 3.76. The maximum Gasteiger partial charge on any atom is 0.185 e. The highest BCUT2D eigenvalue weighted by molar-refractivity contribution is 14.1. The minimum Gasteiger partial charge on any atom is -0.346 e. The third kappa shape index (κ3) is 1.73. The number of benzene rings is 2. The molecule has 0 aromatic heterocycles. The summed E-state index contributed by atoms with van der Waals surface area (Å²) < 4.78 is 12.3. The van der Waals surface area contributed by atoms with Crippen molar-refractivity contribution in [1.29, 1.82) is 0 Å². The van der Waals surface area contributed by atoms with Gasteiger partial charge < -0.3 is 9.47 Å². The minimum atomic E-state index is -0.184. The maximum atomic E-state index is 5.54. The molecule has 0 saturated carbocycles. The van der Waals surface area contributed by atoms with Gasteiger partial charge >= 0.3 is 0 Å². The highest BCUT2D eigenvalue weighted by Gasteiger charge is 2.21. The van der Waals surface area contributed by atoms with Gasteiger partial charge in [-0.2, -0.15) is 0 Å². The highest BCUT2D eigenvalue weighted by Crippen LogP contribution is 2.32. The van der Waals surface area contributed by atoms with Crippen molar-refractivity contribution in [3.63, 3.8) is 0 Å². The summed E-state index contributed by atoms with van der Waals surface area (Å²) in [6.07, 6.45) is -0.184. The predicted molar refractivity (Wildman–Crippen MR) is 71.3 cm³/mol. The molecule has 16 heavy (non-hydrogen) atoms. The summed E-state index contributed by atoms with van der Waals surface area (Å²) in [4.78, 5) is 0. The molecule has 2 aromatic carbocycles. The normalized spacial score (nSPS) is 17.1. The molecular weight excluding hydrogens is 315 g/mol. The Kier molecular flexibility index (Phi) is 2.83. The van der Waals surface area contributed by atoms with Gasteiger partial charge in [-0.25, -0.2) is 0 Å². The minimum absolute atomic E-state index is 0.184. The van der Waals surface area contributed by atoms with Crippen molar-refractivity contribution in [2.75, 3.05) is 13.2 Å². The fourth-order valence-corrected chi connectivity index (χ4v) is 2.90. The molecule has 3 heteroatoms. The van der Waals surface area contributed by atoms with Crippen molar-refractivity contribution in [3.8, 4) is 0 Å². The Morgan fingerprint density at radius 3 is 2.56 bits per heavy atom. The quantitative estimate of drug-likeness (QED) is 0.747. The Bertz CT molecular complexity index is 518. The van der Waals surface area contributed by atoms with Gasteiger partial charge in [-0.3, -0.25) is 0 Å². The van der Waals surface area contributed by atoms with Crippen molar-refractivity contribution in [2.24, 2.45) is 0 Å². The first-order valence-corrected chi connectivity index (χ1v) is 6.34. The van der Waals surface area contributed by atoms with Crippen molar-refractivity contribution in [2.45, 2.75) is 6.29 Å². The number of hydrogen-bond donors (Lipinski definition) is 0. The van der Waals surface area contributed by atoms with Gasteiger partial charge in [0.15, 0.2) is 6.29 Å². The van der Waals surface area contributed by atoms with E-state index < -0.39 is 0 Å². The number of halogens is 1. The predicted octanol–water partition coefficient (Wildman–Crippen LogP) is 3.49. The van der Waals surface area contributed by atoms with Crippen LogP contribution in [0.15, 0.2) is 36.4 Å². The molecule has 3 rings (SSSR count). The summed E-state index contributed by atoms with van der Waals surface area (Å²) in [6, 6.07) is 12.6. The summed E-state index contributed by atoms with van der Waals surface area (Å²) in [7, 11) is 0. The van der Waals surface area contributed by atoms with Gasteiger partial charge in [-0.1, -0.05) is 36.4 Å². The van der Waals surface area contributed by atoms with E-state index >= 15 is 0 Å². The summed E-state index contributed by atoms with van der Waals surface area (Å²) >= 11 is 2.37. The topological polar surface area (TPSA) is 18.5 Å². The third-order valence-electron chi connectivity index (χ3n) is 2.77. The molecule has 1 aliphatic heterocycles. The number of rotatable bonds is 1. The zero-order chi connectivity index (χ0) is 11.0. The van der Waals surface area contributed by atoms with Gasteiger partial charge in [0, 0.05) is 9.13 Å². The molecule has 0 spiro atoms. The van der Waals surface area contributed by atoms with Crippen LogP contribution in [0.4, 0.5) is 0 Å². The van der Waals surface area contributed by atoms with Gasteiger partial charge in [0.25, 0.3) is 0 Å². The van der Waals surface area contributed by atoms with Crippen molar-refractivity contribution >= 4 is 33.4 Å². The molecule has 1 aliphatic rings. The van der Waals surface area contributed by atoms with Crippen LogP contribution in [0.2, 0.25) is 0 Å². The maximum absolute atomic E-state index is 5.54. The molecule has 1 saturated heterocycles. The molecule has 1 fully saturated rings. The van der Waals surface area contributed by atoms with Crippen LogP contribution in [0.5, 0.6) is 0 Å². The van der Waals surface area contributed by atoms with Crippen LogP contribution >= 0.6 is 22.6 Å². The number of ether oxygens (including phenoxy) is 2. The fraction of sp³-hybridized carbons (Fsp3) is 0.231. The van der Waals surface area contributed by atoms with E-state index in [0.29, 0.717) is 13.2 Å². The molecule has 1 heterocycles. The summed E-state index contributed by atoms with van der Waals surface area (Å²) in [6.45, 7) is 1.38. The van der Waals surface area contributed by atoms with E-state index in [-0.39, 0.29) is 6.29 Å². The number of fused-ring (bicyclic) bond motifs is 1. The van der Waals surface area contributed by atoms with E-state index in [2.05, 4.69) is 59.0 Å². The second-order valence-corrected chi connectivity index (χ2v) is 4.84. The molecule has 0 aliphatic carbocycles. The van der Waals surface area contributed by atoms with E-state index in [1.165, 1.54) is 14.3 Å². The smallest absolute Gasteiger partial charge is 0.185 e. The molecular formula is C13H11IO2. The van der Waals surface area contributed by atoms with E-state index in [1.54, 1.807) is 0 Å². The Hall–Kier alpha value is -0.650. The zero-order valence-corrected chi connectivity index (χ0v) is 10.8. The van der Waals surface area contributed by atoms with E-state index in [0.717, 1.165) is 5.56 Å². The lowest BCUT2D eigenvalue weighted by molar-refractivity contribution is -0.0446. The number of hydrogen-bond acceptors (Lipinski definition) is 2. The molecule has 0 unspecified atom stereocenters. The van der Waals surface area contributed by atoms with Crippen LogP contribution in [0, 0.1) is 3.57 Å². The fourth-order valence-electron chi connectivity index (χ4n) is 1.97. The van der Waals surface area contributed by atoms with Crippen LogP contribution in [0.1, 0.15) is 11.9 Å². The van der Waals surface area contributed by atoms with Crippen LogP contribution in [-0.4, -0.2) is 13.2 Å².